The van der Waals surface area contributed by atoms with Crippen LogP contribution in [0.15, 0.2) is 48.7 Å². The molecular formula is C18H13FN2O. The maximum absolute atomic E-state index is 13.9. The predicted octanol–water partition coefficient (Wildman–Crippen LogP) is 3.63. The van der Waals surface area contributed by atoms with E-state index in [4.69, 9.17) is 0 Å². The van der Waals surface area contributed by atoms with Crippen LogP contribution in [-0.2, 0) is 6.54 Å². The van der Waals surface area contributed by atoms with Gasteiger partial charge in [-0.25, -0.2) is 4.39 Å². The Hall–Kier alpha value is -2.75. The monoisotopic (exact) mass is 292 g/mol. The lowest BCUT2D eigenvalue weighted by Crippen LogP contribution is -2.17. The molecule has 0 saturated heterocycles. The smallest absolute Gasteiger partial charge is 0.254 e. The maximum atomic E-state index is 13.9. The summed E-state index contributed by atoms with van der Waals surface area (Å²) in [6.45, 7) is 0.586. The van der Waals surface area contributed by atoms with E-state index in [1.165, 1.54) is 12.1 Å². The highest BCUT2D eigenvalue weighted by atomic mass is 19.1. The van der Waals surface area contributed by atoms with E-state index in [1.807, 2.05) is 24.3 Å². The molecule has 108 valence electrons. The van der Waals surface area contributed by atoms with Crippen molar-refractivity contribution >= 4 is 16.8 Å². The van der Waals surface area contributed by atoms with Gasteiger partial charge in [-0.1, -0.05) is 12.1 Å². The van der Waals surface area contributed by atoms with E-state index < -0.39 is 0 Å². The van der Waals surface area contributed by atoms with Crippen molar-refractivity contribution in [1.82, 2.24) is 9.88 Å². The first-order valence-corrected chi connectivity index (χ1v) is 7.06. The summed E-state index contributed by atoms with van der Waals surface area (Å²) in [5.41, 5.74) is 4.09. The van der Waals surface area contributed by atoms with Crippen LogP contribution in [0.3, 0.4) is 0 Å². The van der Waals surface area contributed by atoms with Crippen molar-refractivity contribution < 1.29 is 9.18 Å². The highest BCUT2D eigenvalue weighted by Crippen LogP contribution is 2.32. The zero-order valence-corrected chi connectivity index (χ0v) is 12.0. The molecule has 4 rings (SSSR count). The van der Waals surface area contributed by atoms with Gasteiger partial charge in [-0.2, -0.15) is 0 Å². The summed E-state index contributed by atoms with van der Waals surface area (Å²) in [6.07, 6.45) is 1.70. The van der Waals surface area contributed by atoms with Crippen LogP contribution < -0.4 is 0 Å². The number of carbonyl (C=O) groups is 1. The molecule has 4 heteroatoms. The van der Waals surface area contributed by atoms with Crippen molar-refractivity contribution in [3.63, 3.8) is 0 Å². The second-order valence-electron chi connectivity index (χ2n) is 5.56. The van der Waals surface area contributed by atoms with Gasteiger partial charge in [-0.15, -0.1) is 0 Å². The van der Waals surface area contributed by atoms with E-state index in [-0.39, 0.29) is 11.7 Å². The quantitative estimate of drug-likeness (QED) is 0.686. The molecule has 2 aromatic carbocycles. The summed E-state index contributed by atoms with van der Waals surface area (Å²) in [5.74, 6) is -0.257. The molecule has 3 nitrogen and oxygen atoms in total. The Labute approximate surface area is 127 Å². The summed E-state index contributed by atoms with van der Waals surface area (Å²) in [5, 5.41) is 0.770. The van der Waals surface area contributed by atoms with Crippen LogP contribution in [0, 0.1) is 5.82 Å². The van der Waals surface area contributed by atoms with Gasteiger partial charge in [-0.05, 0) is 41.5 Å². The molecule has 0 atom stereocenters. The fourth-order valence-corrected chi connectivity index (χ4v) is 3.01. The molecule has 1 aromatic heterocycles. The first kappa shape index (κ1) is 13.0. The van der Waals surface area contributed by atoms with Gasteiger partial charge in [0.05, 0.1) is 5.52 Å². The number of hydrogen-bond donors (Lipinski definition) is 0. The van der Waals surface area contributed by atoms with Crippen molar-refractivity contribution in [2.75, 3.05) is 7.05 Å². The topological polar surface area (TPSA) is 33.2 Å². The van der Waals surface area contributed by atoms with Gasteiger partial charge >= 0.3 is 0 Å². The molecule has 0 saturated carbocycles. The van der Waals surface area contributed by atoms with Gasteiger partial charge in [0, 0.05) is 36.3 Å². The summed E-state index contributed by atoms with van der Waals surface area (Å²) in [4.78, 5) is 18.0. The molecule has 0 bridgehead atoms. The Morgan fingerprint density at radius 1 is 1.14 bits per heavy atom. The molecule has 0 N–H and O–H groups in total. The lowest BCUT2D eigenvalue weighted by Gasteiger charge is -2.08. The van der Waals surface area contributed by atoms with Crippen LogP contribution in [0.5, 0.6) is 0 Å². The molecule has 0 unspecified atom stereocenters. The SMILES string of the molecule is CN1Cc2cc(-c3cc(F)cc4cccnc34)ccc2C1=O. The fourth-order valence-electron chi connectivity index (χ4n) is 3.01. The first-order valence-electron chi connectivity index (χ1n) is 7.06. The fraction of sp³-hybridized carbons (Fsp3) is 0.111. The number of amides is 1. The Balaban J connectivity index is 1.94. The van der Waals surface area contributed by atoms with Crippen LogP contribution in [0.25, 0.3) is 22.0 Å². The van der Waals surface area contributed by atoms with E-state index in [0.717, 1.165) is 33.2 Å². The lowest BCUT2D eigenvalue weighted by atomic mass is 9.98. The van der Waals surface area contributed by atoms with E-state index in [2.05, 4.69) is 4.98 Å². The zero-order valence-electron chi connectivity index (χ0n) is 12.0. The Morgan fingerprint density at radius 3 is 2.86 bits per heavy atom. The van der Waals surface area contributed by atoms with Crippen molar-refractivity contribution in [3.05, 3.63) is 65.6 Å². The average molecular weight is 292 g/mol. The van der Waals surface area contributed by atoms with E-state index in [1.54, 1.807) is 24.2 Å². The minimum absolute atomic E-state index is 0.0313. The van der Waals surface area contributed by atoms with Crippen LogP contribution in [-0.4, -0.2) is 22.8 Å². The number of aromatic nitrogens is 1. The van der Waals surface area contributed by atoms with Gasteiger partial charge in [0.25, 0.3) is 5.91 Å². The largest absolute Gasteiger partial charge is 0.337 e. The minimum atomic E-state index is -0.288. The van der Waals surface area contributed by atoms with Crippen LogP contribution in [0.2, 0.25) is 0 Å². The third-order valence-corrected chi connectivity index (χ3v) is 4.07. The lowest BCUT2D eigenvalue weighted by molar-refractivity contribution is 0.0816. The molecule has 1 aliphatic rings. The number of benzene rings is 2. The summed E-state index contributed by atoms with van der Waals surface area (Å²) >= 11 is 0. The Bertz CT molecular complexity index is 920. The molecule has 22 heavy (non-hydrogen) atoms. The maximum Gasteiger partial charge on any atom is 0.254 e. The third-order valence-electron chi connectivity index (χ3n) is 4.07. The van der Waals surface area contributed by atoms with Gasteiger partial charge in [0.15, 0.2) is 0 Å². The Morgan fingerprint density at radius 2 is 2.00 bits per heavy atom. The second kappa shape index (κ2) is 4.63. The number of fused-ring (bicyclic) bond motifs is 2. The molecule has 3 aromatic rings. The van der Waals surface area contributed by atoms with Gasteiger partial charge < -0.3 is 4.90 Å². The number of rotatable bonds is 1. The number of hydrogen-bond acceptors (Lipinski definition) is 2. The van der Waals surface area contributed by atoms with Crippen LogP contribution in [0.1, 0.15) is 15.9 Å². The number of carbonyl (C=O) groups excluding carboxylic acids is 1. The van der Waals surface area contributed by atoms with Gasteiger partial charge in [-0.3, -0.25) is 9.78 Å². The zero-order chi connectivity index (χ0) is 15.3. The van der Waals surface area contributed by atoms with Crippen LogP contribution in [0.4, 0.5) is 4.39 Å². The van der Waals surface area contributed by atoms with E-state index >= 15 is 0 Å². The molecule has 0 spiro atoms. The summed E-state index contributed by atoms with van der Waals surface area (Å²) in [7, 11) is 1.78. The van der Waals surface area contributed by atoms with E-state index in [9.17, 15) is 9.18 Å². The minimum Gasteiger partial charge on any atom is -0.337 e. The Kier molecular flexibility index (Phi) is 2.73. The highest BCUT2D eigenvalue weighted by Gasteiger charge is 2.24. The number of nitrogens with zero attached hydrogens (tertiary/aromatic N) is 2. The molecule has 2 heterocycles. The first-order chi connectivity index (χ1) is 10.6. The third kappa shape index (κ3) is 1.88. The molecule has 1 amide bonds. The van der Waals surface area contributed by atoms with Crippen molar-refractivity contribution in [2.45, 2.75) is 6.54 Å². The molecule has 0 aliphatic carbocycles. The van der Waals surface area contributed by atoms with Crippen LogP contribution >= 0.6 is 0 Å². The van der Waals surface area contributed by atoms with E-state index in [0.29, 0.717) is 6.54 Å². The van der Waals surface area contributed by atoms with Crippen molar-refractivity contribution in [2.24, 2.45) is 0 Å². The molecule has 0 fully saturated rings. The van der Waals surface area contributed by atoms with Crippen molar-refractivity contribution in [3.8, 4) is 11.1 Å². The normalized spacial score (nSPS) is 13.7. The van der Waals surface area contributed by atoms with Crippen molar-refractivity contribution in [1.29, 1.82) is 0 Å². The number of halogens is 1. The van der Waals surface area contributed by atoms with Gasteiger partial charge in [0.1, 0.15) is 5.82 Å². The number of pyridine rings is 1. The summed E-state index contributed by atoms with van der Waals surface area (Å²) in [6, 6.07) is 12.3. The van der Waals surface area contributed by atoms with Gasteiger partial charge in [0.2, 0.25) is 0 Å². The predicted molar refractivity (Wildman–Crippen MR) is 82.9 cm³/mol. The second-order valence-corrected chi connectivity index (χ2v) is 5.56. The average Bonchev–Trinajstić information content (AvgIpc) is 2.80. The molecule has 1 aliphatic heterocycles. The molecule has 0 radical (unpaired) electrons. The summed E-state index contributed by atoms with van der Waals surface area (Å²) < 4.78 is 13.9. The highest BCUT2D eigenvalue weighted by molar-refractivity contribution is 6.00. The molecular weight excluding hydrogens is 279 g/mol. The standard InChI is InChI=1S/C18H13FN2O/c1-21-10-13-7-11(4-5-15(13)18(21)22)16-9-14(19)8-12-3-2-6-20-17(12)16/h2-9H,10H2,1H3.